The van der Waals surface area contributed by atoms with E-state index in [0.29, 0.717) is 24.8 Å². The second-order valence-electron chi connectivity index (χ2n) is 4.32. The van der Waals surface area contributed by atoms with Gasteiger partial charge in [-0.1, -0.05) is 23.8 Å². The third-order valence-corrected chi connectivity index (χ3v) is 4.86. The van der Waals surface area contributed by atoms with Crippen molar-refractivity contribution in [1.29, 1.82) is 0 Å². The fraction of sp³-hybridized carbons (Fsp3) is 0.583. The molecule has 0 spiro atoms. The lowest BCUT2D eigenvalue weighted by Gasteiger charge is -1.97. The van der Waals surface area contributed by atoms with E-state index in [1.54, 1.807) is 23.1 Å². The van der Waals surface area contributed by atoms with E-state index in [-0.39, 0.29) is 0 Å². The third-order valence-electron chi connectivity index (χ3n) is 2.91. The third kappa shape index (κ3) is 3.16. The Morgan fingerprint density at radius 3 is 3.21 bits per heavy atom. The van der Waals surface area contributed by atoms with Crippen LogP contribution in [0.1, 0.15) is 36.7 Å². The maximum absolute atomic E-state index is 5.33. The summed E-state index contributed by atoms with van der Waals surface area (Å²) in [5.41, 5.74) is 0.999. The highest BCUT2D eigenvalue weighted by molar-refractivity contribution is 8.00. The summed E-state index contributed by atoms with van der Waals surface area (Å²) in [6.45, 7) is 3.62. The van der Waals surface area contributed by atoms with Crippen LogP contribution < -0.4 is 0 Å². The fourth-order valence-electron chi connectivity index (χ4n) is 1.96. The minimum absolute atomic E-state index is 0.291. The second-order valence-corrected chi connectivity index (χ2v) is 6.69. The van der Waals surface area contributed by atoms with Crippen molar-refractivity contribution in [1.82, 2.24) is 15.1 Å². The molecule has 1 saturated heterocycles. The van der Waals surface area contributed by atoms with Crippen LogP contribution >= 0.6 is 23.1 Å². The first-order valence-corrected chi connectivity index (χ1v) is 8.19. The molecule has 1 aliphatic heterocycles. The summed E-state index contributed by atoms with van der Waals surface area (Å²) in [5, 5.41) is 6.10. The van der Waals surface area contributed by atoms with E-state index in [0.717, 1.165) is 34.6 Å². The van der Waals surface area contributed by atoms with Crippen molar-refractivity contribution in [3.8, 4) is 0 Å². The molecule has 1 atom stereocenters. The zero-order valence-corrected chi connectivity index (χ0v) is 12.3. The first-order valence-electron chi connectivity index (χ1n) is 6.32. The van der Waals surface area contributed by atoms with E-state index in [1.165, 1.54) is 0 Å². The molecular formula is C12H15N3O2S2. The van der Waals surface area contributed by atoms with Gasteiger partial charge in [-0.25, -0.2) is 4.98 Å². The first kappa shape index (κ1) is 13.1. The Hall–Kier alpha value is -0.920. The van der Waals surface area contributed by atoms with Gasteiger partial charge >= 0.3 is 0 Å². The molecule has 3 heterocycles. The fourth-order valence-corrected chi connectivity index (χ4v) is 3.70. The lowest BCUT2D eigenvalue weighted by atomic mass is 10.1. The topological polar surface area (TPSA) is 61.0 Å². The molecule has 0 aliphatic carbocycles. The van der Waals surface area contributed by atoms with Crippen molar-refractivity contribution >= 4 is 23.1 Å². The molecule has 0 amide bonds. The first-order chi connectivity index (χ1) is 9.35. The Bertz CT molecular complexity index is 535. The van der Waals surface area contributed by atoms with E-state index in [2.05, 4.69) is 27.4 Å². The number of hydrogen-bond donors (Lipinski definition) is 0. The van der Waals surface area contributed by atoms with Crippen molar-refractivity contribution in [2.45, 2.75) is 30.0 Å². The summed E-state index contributed by atoms with van der Waals surface area (Å²) in [4.78, 5) is 8.97. The monoisotopic (exact) mass is 297 g/mol. The van der Waals surface area contributed by atoms with Crippen LogP contribution in [0.15, 0.2) is 14.2 Å². The molecule has 3 rings (SSSR count). The van der Waals surface area contributed by atoms with Crippen LogP contribution in [0.2, 0.25) is 0 Å². The average Bonchev–Trinajstić information content (AvgIpc) is 3.10. The summed E-state index contributed by atoms with van der Waals surface area (Å²) < 4.78 is 11.7. The van der Waals surface area contributed by atoms with E-state index in [4.69, 9.17) is 9.26 Å². The largest absolute Gasteiger partial charge is 0.381 e. The van der Waals surface area contributed by atoms with Gasteiger partial charge in [0.25, 0.3) is 0 Å². The maximum Gasteiger partial charge on any atom is 0.232 e. The quantitative estimate of drug-likeness (QED) is 0.791. The van der Waals surface area contributed by atoms with E-state index < -0.39 is 0 Å². The Labute approximate surface area is 119 Å². The molecule has 0 bridgehead atoms. The van der Waals surface area contributed by atoms with Crippen LogP contribution in [0.5, 0.6) is 0 Å². The average molecular weight is 297 g/mol. The van der Waals surface area contributed by atoms with Crippen LogP contribution in [-0.2, 0) is 11.2 Å². The van der Waals surface area contributed by atoms with Gasteiger partial charge in [-0.2, -0.15) is 4.98 Å². The Morgan fingerprint density at radius 2 is 2.42 bits per heavy atom. The van der Waals surface area contributed by atoms with Crippen LogP contribution in [0.25, 0.3) is 0 Å². The number of aromatic nitrogens is 3. The van der Waals surface area contributed by atoms with Gasteiger partial charge in [0, 0.05) is 17.9 Å². The molecule has 0 N–H and O–H groups in total. The van der Waals surface area contributed by atoms with Gasteiger partial charge in [0.1, 0.15) is 4.34 Å². The van der Waals surface area contributed by atoms with E-state index in [1.807, 2.05) is 0 Å². The number of thiazole rings is 1. The predicted octanol–water partition coefficient (Wildman–Crippen LogP) is 2.73. The molecule has 0 aromatic carbocycles. The number of nitrogens with zero attached hydrogens (tertiary/aromatic N) is 3. The highest BCUT2D eigenvalue weighted by atomic mass is 32.2. The van der Waals surface area contributed by atoms with Gasteiger partial charge in [0.15, 0.2) is 5.82 Å². The van der Waals surface area contributed by atoms with E-state index in [9.17, 15) is 0 Å². The van der Waals surface area contributed by atoms with Crippen LogP contribution in [0.4, 0.5) is 0 Å². The van der Waals surface area contributed by atoms with Crippen LogP contribution in [-0.4, -0.2) is 34.1 Å². The highest BCUT2D eigenvalue weighted by Gasteiger charge is 2.23. The predicted molar refractivity (Wildman–Crippen MR) is 73.8 cm³/mol. The van der Waals surface area contributed by atoms with Crippen molar-refractivity contribution in [3.05, 3.63) is 22.8 Å². The summed E-state index contributed by atoms with van der Waals surface area (Å²) in [7, 11) is 0. The zero-order chi connectivity index (χ0) is 13.1. The Kier molecular flexibility index (Phi) is 4.15. The summed E-state index contributed by atoms with van der Waals surface area (Å²) in [6, 6.07) is 0. The number of rotatable bonds is 5. The molecule has 0 radical (unpaired) electrons. The molecule has 1 aliphatic rings. The molecule has 2 aromatic heterocycles. The van der Waals surface area contributed by atoms with Crippen LogP contribution in [0.3, 0.4) is 0 Å². The second kappa shape index (κ2) is 6.02. The molecule has 1 fully saturated rings. The zero-order valence-electron chi connectivity index (χ0n) is 10.7. The SMILES string of the molecule is CCSc1nc(Cc2nc(C3CCOC3)no2)cs1. The van der Waals surface area contributed by atoms with Crippen LogP contribution in [0, 0.1) is 0 Å². The Balaban J connectivity index is 1.65. The normalized spacial score (nSPS) is 19.1. The smallest absolute Gasteiger partial charge is 0.232 e. The molecule has 19 heavy (non-hydrogen) atoms. The summed E-state index contributed by atoms with van der Waals surface area (Å²) >= 11 is 3.42. The van der Waals surface area contributed by atoms with Gasteiger partial charge in [-0.15, -0.1) is 11.3 Å². The molecule has 2 aromatic rings. The molecule has 1 unspecified atom stereocenters. The number of hydrogen-bond acceptors (Lipinski definition) is 7. The summed E-state index contributed by atoms with van der Waals surface area (Å²) in [6.07, 6.45) is 1.59. The lowest BCUT2D eigenvalue weighted by molar-refractivity contribution is 0.192. The molecule has 102 valence electrons. The van der Waals surface area contributed by atoms with Crippen molar-refractivity contribution < 1.29 is 9.26 Å². The van der Waals surface area contributed by atoms with Crippen molar-refractivity contribution in [2.75, 3.05) is 19.0 Å². The number of ether oxygens (including phenoxy) is 1. The molecule has 0 saturated carbocycles. The standard InChI is InChI=1S/C12H15N3O2S2/c1-2-18-12-13-9(7-19-12)5-10-14-11(15-17-10)8-3-4-16-6-8/h7-8H,2-6H2,1H3. The maximum atomic E-state index is 5.33. The Morgan fingerprint density at radius 1 is 1.47 bits per heavy atom. The molecule has 7 heteroatoms. The minimum Gasteiger partial charge on any atom is -0.381 e. The van der Waals surface area contributed by atoms with Crippen molar-refractivity contribution in [3.63, 3.8) is 0 Å². The van der Waals surface area contributed by atoms with Gasteiger partial charge in [-0.3, -0.25) is 0 Å². The van der Waals surface area contributed by atoms with Gasteiger partial charge < -0.3 is 9.26 Å². The highest BCUT2D eigenvalue weighted by Crippen LogP contribution is 2.25. The molecular weight excluding hydrogens is 282 g/mol. The summed E-state index contributed by atoms with van der Waals surface area (Å²) in [5.74, 6) is 2.74. The molecule has 5 nitrogen and oxygen atoms in total. The van der Waals surface area contributed by atoms with Crippen molar-refractivity contribution in [2.24, 2.45) is 0 Å². The minimum atomic E-state index is 0.291. The van der Waals surface area contributed by atoms with Gasteiger partial charge in [0.2, 0.25) is 5.89 Å². The van der Waals surface area contributed by atoms with E-state index >= 15 is 0 Å². The number of thioether (sulfide) groups is 1. The lowest BCUT2D eigenvalue weighted by Crippen LogP contribution is -2.00. The van der Waals surface area contributed by atoms with Gasteiger partial charge in [-0.05, 0) is 12.2 Å². The van der Waals surface area contributed by atoms with Gasteiger partial charge in [0.05, 0.1) is 18.7 Å².